The van der Waals surface area contributed by atoms with E-state index in [1.54, 1.807) is 6.07 Å². The van der Waals surface area contributed by atoms with Crippen molar-refractivity contribution in [2.24, 2.45) is 5.92 Å². The number of dihydropyridines is 1. The molecule has 1 aliphatic carbocycles. The summed E-state index contributed by atoms with van der Waals surface area (Å²) in [4.78, 5) is 1.17. The smallest absolute Gasteiger partial charge is 0.177 e. The lowest BCUT2D eigenvalue weighted by Crippen LogP contribution is -2.33. The van der Waals surface area contributed by atoms with Gasteiger partial charge in [-0.2, -0.15) is 4.39 Å². The summed E-state index contributed by atoms with van der Waals surface area (Å²) in [7, 11) is 0. The molecule has 3 aliphatic heterocycles. The molecule has 5 rings (SSSR count). The van der Waals surface area contributed by atoms with Crippen LogP contribution < -0.4 is 10.6 Å². The number of fused-ring (bicyclic) bond motifs is 2. The van der Waals surface area contributed by atoms with Crippen LogP contribution in [0.4, 0.5) is 4.39 Å². The highest BCUT2D eigenvalue weighted by atomic mass is 32.1. The van der Waals surface area contributed by atoms with Gasteiger partial charge in [-0.1, -0.05) is 42.9 Å². The topological polar surface area (TPSA) is 33.3 Å². The lowest BCUT2D eigenvalue weighted by Gasteiger charge is -2.36. The minimum Gasteiger partial charge on any atom is -0.384 e. The normalized spacial score (nSPS) is 29.1. The fraction of sp³-hybridized carbons (Fsp3) is 0.517. The van der Waals surface area contributed by atoms with Crippen LogP contribution in [-0.2, 0) is 16.8 Å². The van der Waals surface area contributed by atoms with Gasteiger partial charge in [0.2, 0.25) is 0 Å². The molecule has 0 bridgehead atoms. The molecular formula is C29H37FN2OS. The number of halogens is 1. The van der Waals surface area contributed by atoms with Gasteiger partial charge in [0.25, 0.3) is 0 Å². The predicted octanol–water partition coefficient (Wildman–Crippen LogP) is 6.81. The molecule has 1 fully saturated rings. The molecule has 0 amide bonds. The van der Waals surface area contributed by atoms with Crippen LogP contribution in [0.1, 0.15) is 68.7 Å². The Balaban J connectivity index is 1.27. The van der Waals surface area contributed by atoms with Gasteiger partial charge in [-0.25, -0.2) is 0 Å². The zero-order chi connectivity index (χ0) is 23.5. The van der Waals surface area contributed by atoms with E-state index in [1.807, 2.05) is 0 Å². The molecule has 1 saturated carbocycles. The van der Waals surface area contributed by atoms with Crippen LogP contribution >= 0.6 is 11.3 Å². The Hall–Kier alpha value is -2.11. The van der Waals surface area contributed by atoms with Crippen LogP contribution in [0, 0.1) is 11.0 Å². The molecule has 4 aliphatic rings. The predicted molar refractivity (Wildman–Crippen MR) is 139 cm³/mol. The number of thiophene rings is 1. The van der Waals surface area contributed by atoms with Crippen molar-refractivity contribution < 1.29 is 9.13 Å². The monoisotopic (exact) mass is 480 g/mol. The van der Waals surface area contributed by atoms with E-state index in [0.717, 1.165) is 64.5 Å². The van der Waals surface area contributed by atoms with Crippen LogP contribution in [0.25, 0.3) is 0 Å². The SMILES string of the molecule is C=C(C)/C(=C\CC1=C(C2CC=CN2)C=CCN1)CC1CCCC2(CC1)OCCc1cc(F)sc12. The molecule has 0 aromatic carbocycles. The molecule has 3 atom stereocenters. The fourth-order valence-electron chi connectivity index (χ4n) is 6.08. The molecule has 4 heterocycles. The fourth-order valence-corrected chi connectivity index (χ4v) is 7.21. The lowest BCUT2D eigenvalue weighted by atomic mass is 9.85. The van der Waals surface area contributed by atoms with E-state index in [1.165, 1.54) is 50.6 Å². The van der Waals surface area contributed by atoms with E-state index in [9.17, 15) is 4.39 Å². The average molecular weight is 481 g/mol. The molecule has 1 aromatic rings. The summed E-state index contributed by atoms with van der Waals surface area (Å²) in [6.45, 7) is 8.07. The van der Waals surface area contributed by atoms with Gasteiger partial charge in [-0.05, 0) is 86.8 Å². The third kappa shape index (κ3) is 4.96. The second-order valence-corrected chi connectivity index (χ2v) is 11.3. The number of nitrogens with one attached hydrogen (secondary N) is 2. The molecule has 0 radical (unpaired) electrons. The Bertz CT molecular complexity index is 1040. The maximum Gasteiger partial charge on any atom is 0.177 e. The second kappa shape index (κ2) is 10.2. The molecule has 5 heteroatoms. The zero-order valence-electron chi connectivity index (χ0n) is 20.3. The van der Waals surface area contributed by atoms with Gasteiger partial charge >= 0.3 is 0 Å². The van der Waals surface area contributed by atoms with Crippen LogP contribution in [0.5, 0.6) is 0 Å². The highest BCUT2D eigenvalue weighted by molar-refractivity contribution is 7.10. The molecule has 3 nitrogen and oxygen atoms in total. The molecule has 0 saturated heterocycles. The Kier molecular flexibility index (Phi) is 7.12. The molecule has 1 aromatic heterocycles. The van der Waals surface area contributed by atoms with Gasteiger partial charge < -0.3 is 15.4 Å². The third-order valence-corrected chi connectivity index (χ3v) is 9.09. The highest BCUT2D eigenvalue weighted by Crippen LogP contribution is 2.48. The minimum absolute atomic E-state index is 0.0633. The number of hydrogen-bond acceptors (Lipinski definition) is 4. The Morgan fingerprint density at radius 1 is 1.32 bits per heavy atom. The Morgan fingerprint density at radius 3 is 3.06 bits per heavy atom. The first-order chi connectivity index (χ1) is 16.5. The van der Waals surface area contributed by atoms with Crippen molar-refractivity contribution in [3.05, 3.63) is 81.1 Å². The molecule has 182 valence electrons. The van der Waals surface area contributed by atoms with Gasteiger partial charge in [0, 0.05) is 23.5 Å². The summed E-state index contributed by atoms with van der Waals surface area (Å²) in [5, 5.41) is 7.02. The van der Waals surface area contributed by atoms with E-state index >= 15 is 0 Å². The highest BCUT2D eigenvalue weighted by Gasteiger charge is 2.41. The largest absolute Gasteiger partial charge is 0.384 e. The Morgan fingerprint density at radius 2 is 2.24 bits per heavy atom. The summed E-state index contributed by atoms with van der Waals surface area (Å²) >= 11 is 1.32. The first-order valence-corrected chi connectivity index (χ1v) is 13.7. The van der Waals surface area contributed by atoms with E-state index < -0.39 is 0 Å². The van der Waals surface area contributed by atoms with E-state index in [0.29, 0.717) is 12.0 Å². The average Bonchev–Trinajstić information content (AvgIpc) is 3.45. The van der Waals surface area contributed by atoms with Gasteiger partial charge in [0.05, 0.1) is 12.6 Å². The summed E-state index contributed by atoms with van der Waals surface area (Å²) < 4.78 is 20.5. The van der Waals surface area contributed by atoms with Gasteiger partial charge in [-0.15, -0.1) is 11.3 Å². The number of allylic oxidation sites excluding steroid dienone is 3. The van der Waals surface area contributed by atoms with Crippen LogP contribution in [0.2, 0.25) is 0 Å². The van der Waals surface area contributed by atoms with Crippen LogP contribution in [0.3, 0.4) is 0 Å². The standard InChI is InChI=1S/C29H37FN2OS/c1-20(2)22(9-10-26-24(7-4-15-32-26)25-8-5-16-31-25)18-21-6-3-13-29(14-11-21)28-23(12-17-33-29)19-27(30)34-28/h4-5,7,9,16,19,21,25,31-32H,1,3,6,8,10-15,17-18H2,2H3/b22-9-. The quantitative estimate of drug-likeness (QED) is 0.439. The van der Waals surface area contributed by atoms with Crippen molar-refractivity contribution in [2.75, 3.05) is 13.2 Å². The lowest BCUT2D eigenvalue weighted by molar-refractivity contribution is -0.0686. The van der Waals surface area contributed by atoms with Crippen molar-refractivity contribution in [1.29, 1.82) is 0 Å². The third-order valence-electron chi connectivity index (χ3n) is 7.94. The van der Waals surface area contributed by atoms with E-state index in [4.69, 9.17) is 4.74 Å². The minimum atomic E-state index is -0.259. The summed E-state index contributed by atoms with van der Waals surface area (Å²) in [6, 6.07) is 2.12. The Labute approximate surface area is 207 Å². The molecular weight excluding hydrogens is 443 g/mol. The van der Waals surface area contributed by atoms with E-state index in [2.05, 4.69) is 54.6 Å². The van der Waals surface area contributed by atoms with Crippen molar-refractivity contribution in [1.82, 2.24) is 10.6 Å². The molecule has 34 heavy (non-hydrogen) atoms. The number of ether oxygens (including phenoxy) is 1. The first-order valence-electron chi connectivity index (χ1n) is 12.9. The van der Waals surface area contributed by atoms with Crippen molar-refractivity contribution in [2.45, 2.75) is 76.4 Å². The second-order valence-electron chi connectivity index (χ2n) is 10.3. The first kappa shape index (κ1) is 23.6. The molecule has 1 spiro atoms. The number of hydrogen-bond donors (Lipinski definition) is 2. The van der Waals surface area contributed by atoms with Gasteiger partial charge in [0.1, 0.15) is 5.60 Å². The zero-order valence-corrected chi connectivity index (χ0v) is 21.1. The number of rotatable bonds is 6. The van der Waals surface area contributed by atoms with E-state index in [-0.39, 0.29) is 10.7 Å². The van der Waals surface area contributed by atoms with Crippen molar-refractivity contribution in [3.63, 3.8) is 0 Å². The summed E-state index contributed by atoms with van der Waals surface area (Å²) in [6.07, 6.45) is 20.5. The maximum absolute atomic E-state index is 14.1. The maximum atomic E-state index is 14.1. The van der Waals surface area contributed by atoms with Crippen LogP contribution in [0.15, 0.2) is 65.6 Å². The van der Waals surface area contributed by atoms with Crippen molar-refractivity contribution >= 4 is 11.3 Å². The van der Waals surface area contributed by atoms with Crippen molar-refractivity contribution in [3.8, 4) is 0 Å². The summed E-state index contributed by atoms with van der Waals surface area (Å²) in [5.41, 5.74) is 6.17. The molecule has 3 unspecified atom stereocenters. The van der Waals surface area contributed by atoms with Gasteiger partial charge in [-0.3, -0.25) is 0 Å². The summed E-state index contributed by atoms with van der Waals surface area (Å²) in [5.74, 6) is 0.620. The molecule has 2 N–H and O–H groups in total. The van der Waals surface area contributed by atoms with Crippen LogP contribution in [-0.4, -0.2) is 19.2 Å². The van der Waals surface area contributed by atoms with Gasteiger partial charge in [0.15, 0.2) is 5.13 Å².